The Labute approximate surface area is 303 Å². The molecule has 3 aliphatic rings. The van der Waals surface area contributed by atoms with Crippen LogP contribution in [-0.2, 0) is 40.3 Å². The highest BCUT2D eigenvalue weighted by atomic mass is 32.1. The first-order valence-electron chi connectivity index (χ1n) is 17.4. The molecule has 12 nitrogen and oxygen atoms in total. The summed E-state index contributed by atoms with van der Waals surface area (Å²) in [5.41, 5.74) is 5.68. The lowest BCUT2D eigenvalue weighted by atomic mass is 9.98. The second-order valence-electron chi connectivity index (χ2n) is 13.2. The summed E-state index contributed by atoms with van der Waals surface area (Å²) < 4.78 is 10.2. The number of imide groups is 2. The number of unbranched alkanes of at least 4 members (excludes halogenated alkanes) is 1. The summed E-state index contributed by atoms with van der Waals surface area (Å²) in [5.74, 6) is 6.41. The fourth-order valence-electron chi connectivity index (χ4n) is 7.14. The van der Waals surface area contributed by atoms with Crippen molar-refractivity contribution in [3.63, 3.8) is 0 Å². The molecule has 5 aromatic rings. The first kappa shape index (κ1) is 33.4. The Kier molecular flexibility index (Phi) is 8.86. The normalized spacial score (nSPS) is 18.0. The molecule has 52 heavy (non-hydrogen) atoms. The summed E-state index contributed by atoms with van der Waals surface area (Å²) in [4.78, 5) is 52.7. The standard InChI is InChI=1S/C39H35N7O5S/c1-23-35-43-42-24(2)45(35)39-30(22-51-23)29(19-25-9-4-3-5-10-25)32(52-39)16-14-26-20-40-44(21-26)18-7-6-11-27-12-8-13-28-34(27)38(50)46(37(28)49)31-15-17-33(47)41-36(31)48/h3-5,8-10,12-13,20-21,23,31H,6-7,11,15,17-19,22H2,1-2H3,(H,41,47,48)/t23-,31?/m0/s1. The number of aryl methyl sites for hydroxylation is 3. The first-order chi connectivity index (χ1) is 25.3. The number of aromatic nitrogens is 5. The number of fused-ring (bicyclic) bond motifs is 4. The summed E-state index contributed by atoms with van der Waals surface area (Å²) in [5, 5.41) is 16.6. The van der Waals surface area contributed by atoms with Crippen molar-refractivity contribution in [3.8, 4) is 16.8 Å². The summed E-state index contributed by atoms with van der Waals surface area (Å²) in [7, 11) is 0. The van der Waals surface area contributed by atoms with Gasteiger partial charge in [0.15, 0.2) is 5.82 Å². The highest BCUT2D eigenvalue weighted by molar-refractivity contribution is 7.15. The highest BCUT2D eigenvalue weighted by Crippen LogP contribution is 2.39. The molecule has 1 fully saturated rings. The van der Waals surface area contributed by atoms with Gasteiger partial charge in [0.1, 0.15) is 23.0 Å². The number of ether oxygens (including phenoxy) is 1. The molecule has 6 heterocycles. The molecule has 0 bridgehead atoms. The van der Waals surface area contributed by atoms with Crippen molar-refractivity contribution in [3.05, 3.63) is 116 Å². The average molecular weight is 714 g/mol. The third-order valence-electron chi connectivity index (χ3n) is 9.80. The van der Waals surface area contributed by atoms with Gasteiger partial charge in [0.2, 0.25) is 11.8 Å². The molecule has 0 spiro atoms. The van der Waals surface area contributed by atoms with Crippen LogP contribution < -0.4 is 5.32 Å². The number of rotatable bonds is 8. The zero-order chi connectivity index (χ0) is 35.9. The highest BCUT2D eigenvalue weighted by Gasteiger charge is 2.45. The Balaban J connectivity index is 0.957. The first-order valence-corrected chi connectivity index (χ1v) is 18.2. The number of piperidine rings is 1. The largest absolute Gasteiger partial charge is 0.366 e. The number of thiophene rings is 1. The zero-order valence-corrected chi connectivity index (χ0v) is 29.5. The predicted molar refractivity (Wildman–Crippen MR) is 191 cm³/mol. The van der Waals surface area contributed by atoms with E-state index in [0.29, 0.717) is 30.7 Å². The van der Waals surface area contributed by atoms with Crippen molar-refractivity contribution in [1.29, 1.82) is 0 Å². The van der Waals surface area contributed by atoms with Gasteiger partial charge in [-0.3, -0.25) is 38.6 Å². The van der Waals surface area contributed by atoms with Crippen molar-refractivity contribution in [2.24, 2.45) is 0 Å². The van der Waals surface area contributed by atoms with E-state index in [4.69, 9.17) is 4.74 Å². The number of benzene rings is 2. The number of hydrogen-bond donors (Lipinski definition) is 1. The second kappa shape index (κ2) is 13.8. The molecule has 4 amide bonds. The van der Waals surface area contributed by atoms with E-state index in [0.717, 1.165) is 67.9 Å². The van der Waals surface area contributed by atoms with Crippen LogP contribution in [-0.4, -0.2) is 59.1 Å². The average Bonchev–Trinajstić information content (AvgIpc) is 3.88. The van der Waals surface area contributed by atoms with E-state index >= 15 is 0 Å². The third kappa shape index (κ3) is 6.14. The van der Waals surface area contributed by atoms with Gasteiger partial charge >= 0.3 is 0 Å². The third-order valence-corrected chi connectivity index (χ3v) is 11.0. The summed E-state index contributed by atoms with van der Waals surface area (Å²) >= 11 is 1.64. The lowest BCUT2D eigenvalue weighted by molar-refractivity contribution is -0.136. The lowest BCUT2D eigenvalue weighted by Gasteiger charge is -2.27. The topological polar surface area (TPSA) is 141 Å². The number of nitrogens with one attached hydrogen (secondary N) is 1. The number of nitrogens with zero attached hydrogens (tertiary/aromatic N) is 6. The van der Waals surface area contributed by atoms with Gasteiger partial charge in [0.25, 0.3) is 11.8 Å². The van der Waals surface area contributed by atoms with E-state index in [-0.39, 0.29) is 18.9 Å². The molecule has 0 saturated carbocycles. The Bertz CT molecular complexity index is 2310. The molecule has 262 valence electrons. The maximum atomic E-state index is 13.4. The van der Waals surface area contributed by atoms with Crippen molar-refractivity contribution < 1.29 is 23.9 Å². The van der Waals surface area contributed by atoms with Gasteiger partial charge in [-0.1, -0.05) is 54.3 Å². The Hall–Kier alpha value is -5.71. The van der Waals surface area contributed by atoms with Crippen LogP contribution in [0.5, 0.6) is 0 Å². The number of carbonyl (C=O) groups excluding carboxylic acids is 4. The minimum absolute atomic E-state index is 0.0854. The maximum Gasteiger partial charge on any atom is 0.262 e. The number of carbonyl (C=O) groups is 4. The summed E-state index contributed by atoms with van der Waals surface area (Å²) in [6, 6.07) is 14.6. The van der Waals surface area contributed by atoms with E-state index in [9.17, 15) is 19.2 Å². The van der Waals surface area contributed by atoms with Gasteiger partial charge in [-0.2, -0.15) is 5.10 Å². The van der Waals surface area contributed by atoms with Gasteiger partial charge in [0, 0.05) is 24.7 Å². The van der Waals surface area contributed by atoms with Gasteiger partial charge < -0.3 is 4.74 Å². The van der Waals surface area contributed by atoms with E-state index in [1.54, 1.807) is 29.7 Å². The van der Waals surface area contributed by atoms with Crippen molar-refractivity contribution >= 4 is 35.0 Å². The molecule has 13 heteroatoms. The SMILES string of the molecule is Cc1nnc2n1-c1sc(C#Cc3cnn(CCCCc4cccc5c4C(=O)N(C4CCC(=O)NC4=O)C5=O)c3)c(Cc3ccccc3)c1CO[C@H]2C. The Morgan fingerprint density at radius 3 is 2.67 bits per heavy atom. The van der Waals surface area contributed by atoms with Crippen molar-refractivity contribution in [1.82, 2.24) is 34.8 Å². The second-order valence-corrected chi connectivity index (χ2v) is 14.2. The van der Waals surface area contributed by atoms with E-state index in [1.165, 1.54) is 5.56 Å². The number of hydrogen-bond acceptors (Lipinski definition) is 9. The monoisotopic (exact) mass is 713 g/mol. The predicted octanol–water partition coefficient (Wildman–Crippen LogP) is 4.84. The van der Waals surface area contributed by atoms with E-state index < -0.39 is 29.7 Å². The van der Waals surface area contributed by atoms with Gasteiger partial charge in [-0.05, 0) is 68.7 Å². The van der Waals surface area contributed by atoms with Crippen LogP contribution in [0.15, 0.2) is 60.9 Å². The van der Waals surface area contributed by atoms with Crippen molar-refractivity contribution in [2.75, 3.05) is 0 Å². The van der Waals surface area contributed by atoms with Crippen molar-refractivity contribution in [2.45, 2.75) is 77.7 Å². The van der Waals surface area contributed by atoms with Gasteiger partial charge in [-0.25, -0.2) is 0 Å². The fourth-order valence-corrected chi connectivity index (χ4v) is 8.38. The van der Waals surface area contributed by atoms with Crippen LogP contribution in [0.3, 0.4) is 0 Å². The lowest BCUT2D eigenvalue weighted by Crippen LogP contribution is -2.54. The van der Waals surface area contributed by atoms with Crippen LogP contribution in [0, 0.1) is 18.8 Å². The van der Waals surface area contributed by atoms with Gasteiger partial charge in [-0.15, -0.1) is 21.5 Å². The summed E-state index contributed by atoms with van der Waals surface area (Å²) in [6.45, 7) is 5.08. The molecule has 0 aliphatic carbocycles. The van der Waals surface area contributed by atoms with Crippen LogP contribution in [0.4, 0.5) is 0 Å². The van der Waals surface area contributed by atoms with Crippen LogP contribution in [0.2, 0.25) is 0 Å². The molecule has 1 saturated heterocycles. The molecule has 8 rings (SSSR count). The van der Waals surface area contributed by atoms with Crippen LogP contribution in [0.25, 0.3) is 5.00 Å². The minimum Gasteiger partial charge on any atom is -0.366 e. The minimum atomic E-state index is -0.982. The zero-order valence-electron chi connectivity index (χ0n) is 28.7. The maximum absolute atomic E-state index is 13.4. The van der Waals surface area contributed by atoms with E-state index in [1.807, 2.05) is 49.0 Å². The molecular formula is C39H35N7O5S. The molecule has 2 atom stereocenters. The molecule has 1 unspecified atom stereocenters. The number of amides is 4. The quantitative estimate of drug-likeness (QED) is 0.137. The molecule has 3 aromatic heterocycles. The smallest absolute Gasteiger partial charge is 0.262 e. The molecular weight excluding hydrogens is 679 g/mol. The Morgan fingerprint density at radius 1 is 1.00 bits per heavy atom. The molecule has 2 aromatic carbocycles. The fraction of sp³-hybridized carbons (Fsp3) is 0.308. The summed E-state index contributed by atoms with van der Waals surface area (Å²) in [6.07, 6.45) is 6.60. The Morgan fingerprint density at radius 2 is 1.85 bits per heavy atom. The van der Waals surface area contributed by atoms with Gasteiger partial charge in [0.05, 0.1) is 34.4 Å². The molecule has 0 radical (unpaired) electrons. The molecule has 1 N–H and O–H groups in total. The van der Waals surface area contributed by atoms with Crippen LogP contribution in [0.1, 0.15) is 104 Å². The molecule has 3 aliphatic heterocycles. The van der Waals surface area contributed by atoms with E-state index in [2.05, 4.69) is 49.2 Å². The van der Waals surface area contributed by atoms with Crippen LogP contribution >= 0.6 is 11.3 Å².